The molecule has 0 aromatic carbocycles. The molecule has 1 aliphatic rings. The van der Waals surface area contributed by atoms with Gasteiger partial charge in [-0.25, -0.2) is 0 Å². The fourth-order valence-electron chi connectivity index (χ4n) is 2.25. The van der Waals surface area contributed by atoms with Crippen molar-refractivity contribution in [1.82, 2.24) is 4.98 Å². The highest BCUT2D eigenvalue weighted by molar-refractivity contribution is 7.98. The maximum atomic E-state index is 11.3. The lowest BCUT2D eigenvalue weighted by Gasteiger charge is -2.09. The van der Waals surface area contributed by atoms with E-state index in [1.807, 2.05) is 13.2 Å². The van der Waals surface area contributed by atoms with Crippen molar-refractivity contribution >= 4 is 41.1 Å². The van der Waals surface area contributed by atoms with Gasteiger partial charge in [-0.05, 0) is 56.1 Å². The number of aromatic amines is 1. The standard InChI is InChI=1S/C19H27N3O2S2/c1-5-12(2)16(21-15-6-7-15)8-13(3)20-10-14(11-25-4)9-17-18(23)22-19(24)26-17/h8-10,12,15,23H,5-7,11H2,1-4H3,(H,22,24)/t12-/m1/s1. The minimum Gasteiger partial charge on any atom is -0.493 e. The van der Waals surface area contributed by atoms with E-state index in [0.717, 1.165) is 40.5 Å². The normalized spacial score (nSPS) is 17.9. The first-order valence-electron chi connectivity index (χ1n) is 8.84. The van der Waals surface area contributed by atoms with Crippen LogP contribution in [0.25, 0.3) is 6.08 Å². The smallest absolute Gasteiger partial charge is 0.307 e. The van der Waals surface area contributed by atoms with Crippen LogP contribution in [-0.4, -0.2) is 40.1 Å². The lowest BCUT2D eigenvalue weighted by Crippen LogP contribution is -2.09. The van der Waals surface area contributed by atoms with Crippen molar-refractivity contribution in [2.75, 3.05) is 12.0 Å². The number of aromatic hydroxyl groups is 1. The van der Waals surface area contributed by atoms with Gasteiger partial charge in [0.05, 0.1) is 10.9 Å². The minimum absolute atomic E-state index is 0.0881. The van der Waals surface area contributed by atoms with Crippen molar-refractivity contribution in [2.24, 2.45) is 15.9 Å². The Morgan fingerprint density at radius 1 is 1.50 bits per heavy atom. The molecule has 0 unspecified atom stereocenters. The zero-order valence-corrected chi connectivity index (χ0v) is 17.4. The van der Waals surface area contributed by atoms with Crippen molar-refractivity contribution < 1.29 is 5.11 Å². The Bertz CT molecular complexity index is 783. The van der Waals surface area contributed by atoms with Gasteiger partial charge in [-0.15, -0.1) is 0 Å². The molecule has 1 aliphatic carbocycles. The Morgan fingerprint density at radius 3 is 2.77 bits per heavy atom. The van der Waals surface area contributed by atoms with Crippen LogP contribution >= 0.6 is 23.1 Å². The summed E-state index contributed by atoms with van der Waals surface area (Å²) in [4.78, 5) is 23.4. The molecular weight excluding hydrogens is 366 g/mol. The maximum absolute atomic E-state index is 11.3. The average molecular weight is 394 g/mol. The molecule has 26 heavy (non-hydrogen) atoms. The number of allylic oxidation sites excluding steroid dienone is 2. The molecular formula is C19H27N3O2S2. The van der Waals surface area contributed by atoms with Crippen molar-refractivity contribution in [3.63, 3.8) is 0 Å². The van der Waals surface area contributed by atoms with Gasteiger partial charge in [0.1, 0.15) is 0 Å². The molecule has 0 saturated heterocycles. The summed E-state index contributed by atoms with van der Waals surface area (Å²) in [7, 11) is 0. The van der Waals surface area contributed by atoms with E-state index in [1.54, 1.807) is 24.1 Å². The first-order chi connectivity index (χ1) is 12.4. The third-order valence-electron chi connectivity index (χ3n) is 4.07. The lowest BCUT2D eigenvalue weighted by atomic mass is 10.0. The molecule has 1 saturated carbocycles. The first-order valence-corrected chi connectivity index (χ1v) is 11.1. The predicted molar refractivity (Wildman–Crippen MR) is 115 cm³/mol. The van der Waals surface area contributed by atoms with E-state index >= 15 is 0 Å². The number of aliphatic imine (C=N–C) groups is 2. The van der Waals surface area contributed by atoms with Crippen LogP contribution in [0, 0.1) is 5.92 Å². The van der Waals surface area contributed by atoms with E-state index in [0.29, 0.717) is 16.8 Å². The van der Waals surface area contributed by atoms with E-state index in [1.165, 1.54) is 12.8 Å². The second-order valence-electron chi connectivity index (χ2n) is 6.52. The summed E-state index contributed by atoms with van der Waals surface area (Å²) in [6, 6.07) is 0.498. The number of thiazole rings is 1. The summed E-state index contributed by atoms with van der Waals surface area (Å²) in [5, 5.41) is 9.75. The number of H-pyrrole nitrogens is 1. The predicted octanol–water partition coefficient (Wildman–Crippen LogP) is 4.51. The zero-order chi connectivity index (χ0) is 19.1. The molecule has 0 amide bonds. The number of hydrogen-bond donors (Lipinski definition) is 2. The highest BCUT2D eigenvalue weighted by Crippen LogP contribution is 2.25. The van der Waals surface area contributed by atoms with Crippen LogP contribution in [0.15, 0.2) is 32.1 Å². The van der Waals surface area contributed by atoms with E-state index in [4.69, 9.17) is 4.99 Å². The van der Waals surface area contributed by atoms with Crippen LogP contribution in [0.2, 0.25) is 0 Å². The van der Waals surface area contributed by atoms with Gasteiger partial charge >= 0.3 is 4.87 Å². The fraction of sp³-hybridized carbons (Fsp3) is 0.526. The average Bonchev–Trinajstić information content (AvgIpc) is 3.36. The summed E-state index contributed by atoms with van der Waals surface area (Å²) in [5.41, 5.74) is 2.98. The van der Waals surface area contributed by atoms with Crippen molar-refractivity contribution in [3.8, 4) is 5.88 Å². The van der Waals surface area contributed by atoms with Crippen LogP contribution in [0.3, 0.4) is 0 Å². The van der Waals surface area contributed by atoms with Gasteiger partial charge in [0.15, 0.2) is 0 Å². The maximum Gasteiger partial charge on any atom is 0.307 e. The van der Waals surface area contributed by atoms with Crippen molar-refractivity contribution in [1.29, 1.82) is 0 Å². The molecule has 2 rings (SSSR count). The molecule has 0 aliphatic heterocycles. The van der Waals surface area contributed by atoms with E-state index in [9.17, 15) is 9.90 Å². The molecule has 2 N–H and O–H groups in total. The SMILES string of the molecule is CC[C@@H](C)C(C=C(C)N=CC(=Cc1sc(=O)[nH]c1O)CSC)=NC1CC1. The number of rotatable bonds is 9. The number of hydrogen-bond acceptors (Lipinski definition) is 6. The number of nitrogens with zero attached hydrogens (tertiary/aromatic N) is 2. The molecule has 1 atom stereocenters. The molecule has 5 nitrogen and oxygen atoms in total. The molecule has 1 heterocycles. The molecule has 1 aromatic rings. The first kappa shape index (κ1) is 20.7. The zero-order valence-electron chi connectivity index (χ0n) is 15.8. The van der Waals surface area contributed by atoms with Gasteiger partial charge in [-0.1, -0.05) is 25.2 Å². The van der Waals surface area contributed by atoms with Gasteiger partial charge in [-0.3, -0.25) is 19.8 Å². The van der Waals surface area contributed by atoms with Gasteiger partial charge in [-0.2, -0.15) is 11.8 Å². The highest BCUT2D eigenvalue weighted by Gasteiger charge is 2.21. The van der Waals surface area contributed by atoms with Crippen LogP contribution in [0.1, 0.15) is 44.9 Å². The molecule has 0 bridgehead atoms. The second kappa shape index (κ2) is 9.92. The largest absolute Gasteiger partial charge is 0.493 e. The molecule has 1 aromatic heterocycles. The number of aromatic nitrogens is 1. The van der Waals surface area contributed by atoms with E-state index in [-0.39, 0.29) is 10.8 Å². The third-order valence-corrected chi connectivity index (χ3v) is 5.51. The third kappa shape index (κ3) is 6.61. The summed E-state index contributed by atoms with van der Waals surface area (Å²) in [5.74, 6) is 1.09. The second-order valence-corrected chi connectivity index (χ2v) is 8.40. The van der Waals surface area contributed by atoms with Crippen LogP contribution < -0.4 is 4.87 Å². The molecule has 0 spiro atoms. The van der Waals surface area contributed by atoms with Crippen LogP contribution in [0.5, 0.6) is 5.88 Å². The molecule has 1 fully saturated rings. The van der Waals surface area contributed by atoms with Gasteiger partial charge in [0, 0.05) is 23.4 Å². The Balaban J connectivity index is 2.19. The summed E-state index contributed by atoms with van der Waals surface area (Å²) >= 11 is 2.66. The van der Waals surface area contributed by atoms with Gasteiger partial charge in [0.2, 0.25) is 5.88 Å². The van der Waals surface area contributed by atoms with E-state index in [2.05, 4.69) is 29.9 Å². The van der Waals surface area contributed by atoms with E-state index < -0.39 is 0 Å². The number of nitrogens with one attached hydrogen (secondary N) is 1. The number of thioether (sulfide) groups is 1. The van der Waals surface area contributed by atoms with Crippen LogP contribution in [-0.2, 0) is 0 Å². The summed E-state index contributed by atoms with van der Waals surface area (Å²) in [6.07, 6.45) is 11.1. The Hall–Kier alpha value is -1.60. The molecule has 7 heteroatoms. The van der Waals surface area contributed by atoms with Crippen molar-refractivity contribution in [3.05, 3.63) is 31.9 Å². The lowest BCUT2D eigenvalue weighted by molar-refractivity contribution is 0.455. The molecule has 0 radical (unpaired) electrons. The van der Waals surface area contributed by atoms with Gasteiger partial charge < -0.3 is 5.11 Å². The van der Waals surface area contributed by atoms with Crippen molar-refractivity contribution in [2.45, 2.75) is 46.1 Å². The monoisotopic (exact) mass is 393 g/mol. The fourth-order valence-corrected chi connectivity index (χ4v) is 3.44. The molecule has 142 valence electrons. The minimum atomic E-state index is -0.264. The topological polar surface area (TPSA) is 77.8 Å². The Kier molecular flexibility index (Phi) is 7.90. The van der Waals surface area contributed by atoms with Crippen LogP contribution in [0.4, 0.5) is 0 Å². The summed E-state index contributed by atoms with van der Waals surface area (Å²) in [6.45, 7) is 6.35. The Morgan fingerprint density at radius 2 is 2.23 bits per heavy atom. The Labute approximate surface area is 163 Å². The quantitative estimate of drug-likeness (QED) is 0.606. The van der Waals surface area contributed by atoms with Gasteiger partial charge in [0.25, 0.3) is 0 Å². The highest BCUT2D eigenvalue weighted by atomic mass is 32.2. The summed E-state index contributed by atoms with van der Waals surface area (Å²) < 4.78 is 0.